The zero-order valence-electron chi connectivity index (χ0n) is 16.1. The van der Waals surface area contributed by atoms with Crippen LogP contribution in [0, 0.1) is 17.8 Å². The first-order valence-corrected chi connectivity index (χ1v) is 10.3. The molecule has 5 nitrogen and oxygen atoms in total. The third kappa shape index (κ3) is 2.84. The molecule has 0 spiro atoms. The van der Waals surface area contributed by atoms with Gasteiger partial charge in [-0.25, -0.2) is 0 Å². The largest absolute Gasteiger partial charge is 0.507 e. The average Bonchev–Trinajstić information content (AvgIpc) is 3.26. The van der Waals surface area contributed by atoms with E-state index in [4.69, 9.17) is 0 Å². The van der Waals surface area contributed by atoms with Gasteiger partial charge in [0.05, 0.1) is 5.60 Å². The molecule has 3 atom stereocenters. The van der Waals surface area contributed by atoms with Crippen LogP contribution in [0.3, 0.4) is 0 Å². The topological polar surface area (TPSA) is 78.3 Å². The van der Waals surface area contributed by atoms with Crippen molar-refractivity contribution in [1.29, 1.82) is 0 Å². The number of aromatic hydroxyl groups is 1. The normalized spacial score (nSPS) is 26.9. The summed E-state index contributed by atoms with van der Waals surface area (Å²) < 4.78 is 0. The Labute approximate surface area is 165 Å². The highest BCUT2D eigenvalue weighted by Gasteiger charge is 2.66. The Balaban J connectivity index is 1.48. The Morgan fingerprint density at radius 3 is 2.68 bits per heavy atom. The van der Waals surface area contributed by atoms with Crippen molar-refractivity contribution in [2.75, 3.05) is 5.32 Å². The van der Waals surface area contributed by atoms with E-state index in [-0.39, 0.29) is 5.75 Å². The van der Waals surface area contributed by atoms with E-state index in [1.54, 1.807) is 6.07 Å². The van der Waals surface area contributed by atoms with E-state index in [1.165, 1.54) is 11.1 Å². The quantitative estimate of drug-likeness (QED) is 0.717. The summed E-state index contributed by atoms with van der Waals surface area (Å²) in [7, 11) is 0. The molecule has 0 aliphatic heterocycles. The van der Waals surface area contributed by atoms with Gasteiger partial charge in [0, 0.05) is 35.1 Å². The molecule has 144 valence electrons. The van der Waals surface area contributed by atoms with Crippen molar-refractivity contribution in [1.82, 2.24) is 10.2 Å². The molecule has 28 heavy (non-hydrogen) atoms. The first kappa shape index (κ1) is 17.5. The summed E-state index contributed by atoms with van der Waals surface area (Å²) in [4.78, 5) is 0. The van der Waals surface area contributed by atoms with Gasteiger partial charge in [0.1, 0.15) is 11.4 Å². The van der Waals surface area contributed by atoms with E-state index < -0.39 is 5.60 Å². The van der Waals surface area contributed by atoms with Gasteiger partial charge >= 0.3 is 0 Å². The lowest BCUT2D eigenvalue weighted by atomic mass is 9.87. The predicted molar refractivity (Wildman–Crippen MR) is 108 cm³/mol. The summed E-state index contributed by atoms with van der Waals surface area (Å²) in [5.41, 5.74) is 4.33. The van der Waals surface area contributed by atoms with Gasteiger partial charge in [0.2, 0.25) is 0 Å². The highest BCUT2D eigenvalue weighted by atomic mass is 16.3. The number of rotatable bonds is 3. The summed E-state index contributed by atoms with van der Waals surface area (Å²) in [5.74, 6) is 7.52. The summed E-state index contributed by atoms with van der Waals surface area (Å²) in [6, 6.07) is 5.85. The van der Waals surface area contributed by atoms with E-state index in [2.05, 4.69) is 27.4 Å². The van der Waals surface area contributed by atoms with Crippen molar-refractivity contribution in [2.24, 2.45) is 5.92 Å². The van der Waals surface area contributed by atoms with Gasteiger partial charge in [-0.05, 0) is 62.3 Å². The molecule has 3 aliphatic carbocycles. The van der Waals surface area contributed by atoms with Crippen molar-refractivity contribution in [3.63, 3.8) is 0 Å². The maximum Gasteiger partial charge on any atom is 0.152 e. The number of nitrogens with one attached hydrogen (secondary N) is 1. The fourth-order valence-corrected chi connectivity index (χ4v) is 4.74. The molecule has 0 bridgehead atoms. The maximum absolute atomic E-state index is 10.6. The minimum Gasteiger partial charge on any atom is -0.507 e. The molecule has 3 N–H and O–H groups in total. The molecule has 5 heteroatoms. The number of nitrogens with zero attached hydrogens (tertiary/aromatic N) is 2. The van der Waals surface area contributed by atoms with Crippen LogP contribution in [-0.4, -0.2) is 32.1 Å². The SMILES string of the molecule is CCC#Cc1ccc(-c2nnc(NC3C[C@@]4(O)CC34)c3c2CCCC3)c(O)c1. The predicted octanol–water partition coefficient (Wildman–Crippen LogP) is 3.42. The van der Waals surface area contributed by atoms with Crippen LogP contribution in [0.5, 0.6) is 5.75 Å². The lowest BCUT2D eigenvalue weighted by molar-refractivity contribution is 0.0608. The first-order valence-electron chi connectivity index (χ1n) is 10.3. The zero-order valence-corrected chi connectivity index (χ0v) is 16.1. The average molecular weight is 375 g/mol. The van der Waals surface area contributed by atoms with Gasteiger partial charge in [-0.2, -0.15) is 0 Å². The van der Waals surface area contributed by atoms with Gasteiger partial charge < -0.3 is 15.5 Å². The summed E-state index contributed by atoms with van der Waals surface area (Å²) in [5, 5.41) is 33.2. The molecule has 2 saturated carbocycles. The Morgan fingerprint density at radius 2 is 2.00 bits per heavy atom. The maximum atomic E-state index is 10.6. The van der Waals surface area contributed by atoms with E-state index >= 15 is 0 Å². The molecular formula is C23H25N3O2. The minimum absolute atomic E-state index is 0.202. The van der Waals surface area contributed by atoms with Crippen LogP contribution in [0.25, 0.3) is 11.3 Å². The van der Waals surface area contributed by atoms with Crippen molar-refractivity contribution in [2.45, 2.75) is 63.5 Å². The number of hydrogen-bond donors (Lipinski definition) is 3. The standard InChI is InChI=1S/C23H25N3O2/c1-2-3-6-14-9-10-17(20(27)11-14)21-15-7-4-5-8-16(15)22(26-25-21)24-19-13-23(28)12-18(19)23/h9-11,18-19,27-28H,2,4-5,7-8,12-13H2,1H3,(H,24,26)/t18?,19?,23-/m0/s1. The van der Waals surface area contributed by atoms with Crippen LogP contribution in [0.2, 0.25) is 0 Å². The molecular weight excluding hydrogens is 350 g/mol. The van der Waals surface area contributed by atoms with Crippen LogP contribution in [0.15, 0.2) is 18.2 Å². The fourth-order valence-electron chi connectivity index (χ4n) is 4.74. The lowest BCUT2D eigenvalue weighted by Crippen LogP contribution is -2.42. The molecule has 0 amide bonds. The molecule has 0 saturated heterocycles. The van der Waals surface area contributed by atoms with Gasteiger partial charge in [0.15, 0.2) is 5.82 Å². The zero-order chi connectivity index (χ0) is 19.3. The van der Waals surface area contributed by atoms with E-state index in [1.807, 2.05) is 19.1 Å². The molecule has 1 aromatic carbocycles. The molecule has 5 rings (SSSR count). The number of hydrogen-bond acceptors (Lipinski definition) is 5. The van der Waals surface area contributed by atoms with E-state index in [9.17, 15) is 10.2 Å². The van der Waals surface area contributed by atoms with Gasteiger partial charge in [0.25, 0.3) is 0 Å². The van der Waals surface area contributed by atoms with Crippen LogP contribution in [-0.2, 0) is 12.8 Å². The minimum atomic E-state index is -0.403. The van der Waals surface area contributed by atoms with Crippen molar-refractivity contribution >= 4 is 5.82 Å². The number of phenolic OH excluding ortho intramolecular Hbond substituents is 1. The number of benzene rings is 1. The number of phenols is 1. The molecule has 2 unspecified atom stereocenters. The van der Waals surface area contributed by atoms with Crippen LogP contribution in [0.1, 0.15) is 55.7 Å². The van der Waals surface area contributed by atoms with E-state index in [0.29, 0.717) is 12.0 Å². The Bertz CT molecular complexity index is 1010. The molecule has 2 fully saturated rings. The number of aliphatic hydroxyl groups is 1. The smallest absolute Gasteiger partial charge is 0.152 e. The number of fused-ring (bicyclic) bond motifs is 2. The second kappa shape index (κ2) is 6.49. The van der Waals surface area contributed by atoms with Crippen molar-refractivity contribution < 1.29 is 10.2 Å². The van der Waals surface area contributed by atoms with E-state index in [0.717, 1.165) is 67.6 Å². The summed E-state index contributed by atoms with van der Waals surface area (Å²) in [6.45, 7) is 2.01. The molecule has 1 aromatic heterocycles. The van der Waals surface area contributed by atoms with Crippen molar-refractivity contribution in [3.8, 4) is 28.8 Å². The second-order valence-corrected chi connectivity index (χ2v) is 8.32. The van der Waals surface area contributed by atoms with Gasteiger partial charge in [-0.3, -0.25) is 0 Å². The van der Waals surface area contributed by atoms with Gasteiger partial charge in [-0.1, -0.05) is 18.8 Å². The van der Waals surface area contributed by atoms with Crippen LogP contribution in [0.4, 0.5) is 5.82 Å². The second-order valence-electron chi connectivity index (χ2n) is 8.32. The lowest BCUT2D eigenvalue weighted by Gasteiger charge is -2.33. The van der Waals surface area contributed by atoms with Crippen LogP contribution >= 0.6 is 0 Å². The third-order valence-electron chi connectivity index (χ3n) is 6.44. The molecule has 0 radical (unpaired) electrons. The van der Waals surface area contributed by atoms with Crippen molar-refractivity contribution in [3.05, 3.63) is 34.9 Å². The fraction of sp³-hybridized carbons (Fsp3) is 0.478. The monoisotopic (exact) mass is 375 g/mol. The third-order valence-corrected chi connectivity index (χ3v) is 6.44. The summed E-state index contributed by atoms with van der Waals surface area (Å²) >= 11 is 0. The van der Waals surface area contributed by atoms with Crippen LogP contribution < -0.4 is 5.32 Å². The first-order chi connectivity index (χ1) is 13.6. The summed E-state index contributed by atoms with van der Waals surface area (Å²) in [6.07, 6.45) is 6.68. The Kier molecular flexibility index (Phi) is 4.06. The Morgan fingerprint density at radius 1 is 1.18 bits per heavy atom. The van der Waals surface area contributed by atoms with Gasteiger partial charge in [-0.15, -0.1) is 10.2 Å². The molecule has 1 heterocycles. The highest BCUT2D eigenvalue weighted by molar-refractivity contribution is 5.73. The molecule has 3 aliphatic rings. The number of aromatic nitrogens is 2. The highest BCUT2D eigenvalue weighted by Crippen LogP contribution is 2.60. The Hall–Kier alpha value is -2.58. The number of anilines is 1. The molecule has 2 aromatic rings.